The number of thioether (sulfide) groups is 1. The summed E-state index contributed by atoms with van der Waals surface area (Å²) in [6, 6.07) is 0.403. The highest BCUT2D eigenvalue weighted by molar-refractivity contribution is 8.00. The van der Waals surface area contributed by atoms with Crippen LogP contribution in [0.4, 0.5) is 4.79 Å². The summed E-state index contributed by atoms with van der Waals surface area (Å²) in [6.07, 6.45) is 8.42. The van der Waals surface area contributed by atoms with E-state index in [0.717, 1.165) is 25.0 Å². The van der Waals surface area contributed by atoms with Crippen LogP contribution in [0.25, 0.3) is 0 Å². The molecule has 0 aliphatic carbocycles. The zero-order valence-corrected chi connectivity index (χ0v) is 33.5. The number of unbranched alkanes of at least 4 members (excludes halogenated alkanes) is 1. The van der Waals surface area contributed by atoms with Crippen molar-refractivity contribution in [2.45, 2.75) is 43.0 Å². The minimum Gasteiger partial charge on any atom is -0.377 e. The molecule has 0 aromatic rings. The van der Waals surface area contributed by atoms with Gasteiger partial charge in [0, 0.05) is 24.0 Å². The molecule has 0 unspecified atom stereocenters. The van der Waals surface area contributed by atoms with Gasteiger partial charge in [-0.1, -0.05) is 12.3 Å². The Labute approximate surface area is 331 Å². The molecular weight excluding hydrogens is 742 g/mol. The fourth-order valence-corrected chi connectivity index (χ4v) is 6.72. The summed E-state index contributed by atoms with van der Waals surface area (Å²) in [5, 5.41) is 9.28. The highest BCUT2D eigenvalue weighted by Gasteiger charge is 2.42. The molecule has 2 heterocycles. The third-order valence-corrected chi connectivity index (χ3v) is 9.44. The van der Waals surface area contributed by atoms with Gasteiger partial charge in [0.05, 0.1) is 164 Å². The second-order valence-electron chi connectivity index (χ2n) is 12.2. The van der Waals surface area contributed by atoms with E-state index in [9.17, 15) is 9.59 Å². The van der Waals surface area contributed by atoms with E-state index in [0.29, 0.717) is 177 Å². The number of carbonyl (C=O) groups is 2. The van der Waals surface area contributed by atoms with Crippen LogP contribution >= 0.6 is 11.8 Å². The molecule has 2 saturated heterocycles. The summed E-state index contributed by atoms with van der Waals surface area (Å²) in [7, 11) is 0. The van der Waals surface area contributed by atoms with Gasteiger partial charge in [-0.05, 0) is 12.8 Å². The Morgan fingerprint density at radius 1 is 0.582 bits per heavy atom. The first-order chi connectivity index (χ1) is 27.2. The highest BCUT2D eigenvalue weighted by atomic mass is 32.2. The van der Waals surface area contributed by atoms with Gasteiger partial charge >= 0.3 is 6.03 Å². The molecule has 0 radical (unpaired) electrons. The number of nitrogens with one attached hydrogen (secondary N) is 3. The minimum absolute atomic E-state index is 0.0418. The lowest BCUT2D eigenvalue weighted by atomic mass is 10.0. The summed E-state index contributed by atoms with van der Waals surface area (Å²) < 4.78 is 65.2. The van der Waals surface area contributed by atoms with E-state index in [4.69, 9.17) is 63.3 Å². The van der Waals surface area contributed by atoms with Crippen molar-refractivity contribution >= 4 is 23.7 Å². The molecule has 55 heavy (non-hydrogen) atoms. The molecule has 3 amide bonds. The molecule has 18 heteroatoms. The number of rotatable bonds is 42. The van der Waals surface area contributed by atoms with Gasteiger partial charge in [-0.3, -0.25) is 4.79 Å². The van der Waals surface area contributed by atoms with E-state index >= 15 is 0 Å². The lowest BCUT2D eigenvalue weighted by Crippen LogP contribution is -2.36. The maximum Gasteiger partial charge on any atom is 0.315 e. The zero-order chi connectivity index (χ0) is 39.1. The first-order valence-corrected chi connectivity index (χ1v) is 20.6. The highest BCUT2D eigenvalue weighted by Crippen LogP contribution is 2.33. The van der Waals surface area contributed by atoms with Crippen molar-refractivity contribution in [3.63, 3.8) is 0 Å². The van der Waals surface area contributed by atoms with Gasteiger partial charge in [0.1, 0.15) is 6.61 Å². The molecule has 2 fully saturated rings. The maximum absolute atomic E-state index is 12.0. The Morgan fingerprint density at radius 3 is 1.36 bits per heavy atom. The number of urea groups is 1. The van der Waals surface area contributed by atoms with Gasteiger partial charge in [-0.15, -0.1) is 6.42 Å². The van der Waals surface area contributed by atoms with Crippen LogP contribution in [0.2, 0.25) is 0 Å². The van der Waals surface area contributed by atoms with Crippen molar-refractivity contribution in [2.75, 3.05) is 171 Å². The van der Waals surface area contributed by atoms with Crippen LogP contribution in [0.5, 0.6) is 0 Å². The van der Waals surface area contributed by atoms with Gasteiger partial charge in [0.2, 0.25) is 5.91 Å². The Hall–Kier alpha value is -1.83. The van der Waals surface area contributed by atoms with E-state index < -0.39 is 0 Å². The van der Waals surface area contributed by atoms with E-state index in [1.54, 1.807) is 0 Å². The summed E-state index contributed by atoms with van der Waals surface area (Å²) in [4.78, 5) is 23.5. The predicted molar refractivity (Wildman–Crippen MR) is 206 cm³/mol. The normalized spacial score (nSPS) is 17.6. The third-order valence-electron chi connectivity index (χ3n) is 7.93. The van der Waals surface area contributed by atoms with Crippen molar-refractivity contribution in [3.05, 3.63) is 0 Å². The molecule has 0 aromatic carbocycles. The van der Waals surface area contributed by atoms with Gasteiger partial charge in [0.15, 0.2) is 0 Å². The second-order valence-corrected chi connectivity index (χ2v) is 13.5. The Morgan fingerprint density at radius 2 is 0.964 bits per heavy atom. The number of terminal acetylenes is 1. The Balaban J connectivity index is 1.14. The Kier molecular flexibility index (Phi) is 33.8. The molecule has 3 N–H and O–H groups in total. The SMILES string of the molecule is C#CCOCCOCCOCCOCCOCCOCCOCCOCCOCCOCCOCCOCCNC(=O)CCCC[C@@H]1SC[C@@H]2NC(=O)N[C@@H]21. The lowest BCUT2D eigenvalue weighted by molar-refractivity contribution is -0.121. The minimum atomic E-state index is -0.0616. The lowest BCUT2D eigenvalue weighted by Gasteiger charge is -2.16. The summed E-state index contributed by atoms with van der Waals surface area (Å²) >= 11 is 1.90. The fraction of sp³-hybridized carbons (Fsp3) is 0.892. The molecule has 2 aliphatic rings. The number of amides is 3. The number of fused-ring (bicyclic) bond motifs is 1. The van der Waals surface area contributed by atoms with E-state index in [1.165, 1.54) is 0 Å². The van der Waals surface area contributed by atoms with Gasteiger partial charge in [-0.25, -0.2) is 4.79 Å². The van der Waals surface area contributed by atoms with Gasteiger partial charge in [0.25, 0.3) is 0 Å². The van der Waals surface area contributed by atoms with Crippen LogP contribution < -0.4 is 16.0 Å². The summed E-state index contributed by atoms with van der Waals surface area (Å²) in [6.45, 7) is 12.0. The fourth-order valence-electron chi connectivity index (χ4n) is 5.18. The average Bonchev–Trinajstić information content (AvgIpc) is 3.75. The van der Waals surface area contributed by atoms with Crippen LogP contribution in [-0.4, -0.2) is 200 Å². The van der Waals surface area contributed by atoms with Crippen LogP contribution in [0.15, 0.2) is 0 Å². The number of hydrogen-bond donors (Lipinski definition) is 3. The van der Waals surface area contributed by atoms with Crippen molar-refractivity contribution in [3.8, 4) is 12.3 Å². The summed E-state index contributed by atoms with van der Waals surface area (Å²) in [5.41, 5.74) is 0. The quantitative estimate of drug-likeness (QED) is 0.0445. The van der Waals surface area contributed by atoms with Gasteiger partial charge < -0.3 is 72.8 Å². The first kappa shape index (κ1) is 49.3. The summed E-state index contributed by atoms with van der Waals surface area (Å²) in [5.74, 6) is 3.40. The molecule has 0 spiro atoms. The first-order valence-electron chi connectivity index (χ1n) is 19.5. The van der Waals surface area contributed by atoms with Crippen LogP contribution in [0, 0.1) is 12.3 Å². The molecule has 2 aliphatic heterocycles. The average molecular weight is 810 g/mol. The number of ether oxygens (including phenoxy) is 12. The van der Waals surface area contributed by atoms with E-state index in [-0.39, 0.29) is 24.0 Å². The molecule has 0 aromatic heterocycles. The van der Waals surface area contributed by atoms with Crippen LogP contribution in [0.1, 0.15) is 25.7 Å². The largest absolute Gasteiger partial charge is 0.377 e. The standard InChI is InChI=1S/C37H67N3O14S/c1-2-8-43-10-12-45-14-16-47-18-20-49-22-24-51-26-28-53-30-31-54-29-27-52-25-23-50-21-19-48-17-15-46-13-11-44-9-7-38-35(41)6-4-3-5-34-36-33(32-55-34)39-37(42)40-36/h1,33-34,36H,3-32H2,(H,38,41)(H2,39,40,42)/t33-,34-,36-/m0/s1. The van der Waals surface area contributed by atoms with Crippen molar-refractivity contribution in [1.29, 1.82) is 0 Å². The predicted octanol–water partition coefficient (Wildman–Crippen LogP) is 0.661. The Bertz CT molecular complexity index is 953. The smallest absolute Gasteiger partial charge is 0.315 e. The van der Waals surface area contributed by atoms with Crippen LogP contribution in [0.3, 0.4) is 0 Å². The van der Waals surface area contributed by atoms with Crippen molar-refractivity contribution in [1.82, 2.24) is 16.0 Å². The second kappa shape index (κ2) is 37.7. The number of hydrogen-bond acceptors (Lipinski definition) is 15. The molecule has 320 valence electrons. The van der Waals surface area contributed by atoms with E-state index in [1.807, 2.05) is 11.8 Å². The zero-order valence-electron chi connectivity index (χ0n) is 32.6. The van der Waals surface area contributed by atoms with Crippen molar-refractivity contribution < 1.29 is 66.4 Å². The number of carbonyl (C=O) groups excluding carboxylic acids is 2. The van der Waals surface area contributed by atoms with Crippen LogP contribution in [-0.2, 0) is 61.6 Å². The maximum atomic E-state index is 12.0. The third kappa shape index (κ3) is 30.0. The molecule has 17 nitrogen and oxygen atoms in total. The van der Waals surface area contributed by atoms with Crippen molar-refractivity contribution in [2.24, 2.45) is 0 Å². The molecule has 3 atom stereocenters. The van der Waals surface area contributed by atoms with E-state index in [2.05, 4.69) is 21.9 Å². The molecule has 0 saturated carbocycles. The topological polar surface area (TPSA) is 181 Å². The molecule has 2 rings (SSSR count). The van der Waals surface area contributed by atoms with Gasteiger partial charge in [-0.2, -0.15) is 11.8 Å². The monoisotopic (exact) mass is 809 g/mol. The molecule has 0 bridgehead atoms. The molecular formula is C37H67N3O14S.